The number of hydrogen-bond donors (Lipinski definition) is 0. The molecule has 1 nitrogen and oxygen atoms in total. The fraction of sp³-hybridized carbons (Fsp3) is 0. The average molecular weight is 723 g/mol. The Labute approximate surface area is 331 Å². The maximum atomic E-state index is 6.72. The first-order valence-corrected chi connectivity index (χ1v) is 19.7. The zero-order valence-corrected chi connectivity index (χ0v) is 31.0. The van der Waals surface area contributed by atoms with Gasteiger partial charge in [-0.05, 0) is 147 Å². The number of ether oxygens (including phenoxy) is 1. The number of fused-ring (bicyclic) bond motifs is 2. The average Bonchev–Trinajstić information content (AvgIpc) is 3.28. The highest BCUT2D eigenvalue weighted by molar-refractivity contribution is 6.26. The second-order valence-corrected chi connectivity index (χ2v) is 15.2. The zero-order chi connectivity index (χ0) is 37.5. The molecule has 0 atom stereocenters. The lowest BCUT2D eigenvalue weighted by Crippen LogP contribution is -1.98. The van der Waals surface area contributed by atoms with Gasteiger partial charge in [0.05, 0.1) is 0 Å². The smallest absolute Gasteiger partial charge is 0.135 e. The summed E-state index contributed by atoms with van der Waals surface area (Å²) in [5, 5.41) is 10.1. The van der Waals surface area contributed by atoms with Crippen molar-refractivity contribution in [2.24, 2.45) is 0 Å². The quantitative estimate of drug-likeness (QED) is 0.161. The van der Waals surface area contributed by atoms with Crippen LogP contribution in [0, 0.1) is 0 Å². The topological polar surface area (TPSA) is 9.23 Å². The Morgan fingerprint density at radius 2 is 0.772 bits per heavy atom. The largest absolute Gasteiger partial charge is 0.456 e. The first-order valence-electron chi connectivity index (χ1n) is 19.7. The lowest BCUT2D eigenvalue weighted by molar-refractivity contribution is 0.487. The van der Waals surface area contributed by atoms with E-state index in [0.29, 0.717) is 0 Å². The van der Waals surface area contributed by atoms with E-state index in [9.17, 15) is 0 Å². The van der Waals surface area contributed by atoms with Gasteiger partial charge in [0.1, 0.15) is 11.5 Å². The van der Waals surface area contributed by atoms with Gasteiger partial charge in [-0.2, -0.15) is 0 Å². The molecule has 57 heavy (non-hydrogen) atoms. The monoisotopic (exact) mass is 722 g/mol. The van der Waals surface area contributed by atoms with E-state index in [0.717, 1.165) is 28.0 Å². The first kappa shape index (κ1) is 31.8. The molecular formula is C56H34O. The highest BCUT2D eigenvalue weighted by Gasteiger charge is 2.23. The minimum atomic E-state index is 0.892. The highest BCUT2D eigenvalue weighted by Crippen LogP contribution is 2.50. The van der Waals surface area contributed by atoms with Crippen LogP contribution in [0.4, 0.5) is 0 Å². The van der Waals surface area contributed by atoms with E-state index in [1.165, 1.54) is 93.3 Å². The number of benzene rings is 11. The van der Waals surface area contributed by atoms with E-state index >= 15 is 0 Å². The van der Waals surface area contributed by atoms with Gasteiger partial charge in [0.2, 0.25) is 0 Å². The third-order valence-corrected chi connectivity index (χ3v) is 12.0. The Morgan fingerprint density at radius 3 is 1.53 bits per heavy atom. The van der Waals surface area contributed by atoms with Crippen molar-refractivity contribution in [3.63, 3.8) is 0 Å². The van der Waals surface area contributed by atoms with Gasteiger partial charge in [-0.1, -0.05) is 158 Å². The summed E-state index contributed by atoms with van der Waals surface area (Å²) in [5.74, 6) is 1.78. The molecule has 0 saturated carbocycles. The molecule has 0 aromatic heterocycles. The minimum absolute atomic E-state index is 0.892. The Balaban J connectivity index is 1.03. The minimum Gasteiger partial charge on any atom is -0.456 e. The Bertz CT molecular complexity index is 3330. The van der Waals surface area contributed by atoms with Crippen LogP contribution in [0.1, 0.15) is 0 Å². The van der Waals surface area contributed by atoms with Gasteiger partial charge in [0.25, 0.3) is 0 Å². The summed E-state index contributed by atoms with van der Waals surface area (Å²) in [5.41, 5.74) is 14.3. The fourth-order valence-corrected chi connectivity index (χ4v) is 9.30. The fourth-order valence-electron chi connectivity index (χ4n) is 9.30. The first-order chi connectivity index (χ1) is 28.2. The zero-order valence-electron chi connectivity index (χ0n) is 31.0. The van der Waals surface area contributed by atoms with Crippen molar-refractivity contribution in [1.29, 1.82) is 0 Å². The van der Waals surface area contributed by atoms with Crippen molar-refractivity contribution in [3.8, 4) is 78.3 Å². The van der Waals surface area contributed by atoms with Gasteiger partial charge in [-0.3, -0.25) is 0 Å². The molecule has 0 amide bonds. The molecule has 0 unspecified atom stereocenters. The van der Waals surface area contributed by atoms with E-state index in [-0.39, 0.29) is 0 Å². The van der Waals surface area contributed by atoms with Gasteiger partial charge in [-0.15, -0.1) is 0 Å². The predicted molar refractivity (Wildman–Crippen MR) is 240 cm³/mol. The summed E-state index contributed by atoms with van der Waals surface area (Å²) < 4.78 is 6.72. The maximum absolute atomic E-state index is 6.72. The molecule has 12 rings (SSSR count). The van der Waals surface area contributed by atoms with Crippen LogP contribution >= 0.6 is 0 Å². The van der Waals surface area contributed by atoms with Crippen LogP contribution in [0.2, 0.25) is 0 Å². The molecule has 0 fully saturated rings. The molecule has 0 radical (unpaired) electrons. The lowest BCUT2D eigenvalue weighted by atomic mass is 9.86. The molecule has 1 aliphatic rings. The van der Waals surface area contributed by atoms with Gasteiger partial charge < -0.3 is 4.74 Å². The van der Waals surface area contributed by atoms with Crippen LogP contribution in [0.25, 0.3) is 110 Å². The molecule has 11 aromatic carbocycles. The van der Waals surface area contributed by atoms with E-state index in [4.69, 9.17) is 4.74 Å². The van der Waals surface area contributed by atoms with Crippen LogP contribution in [0.15, 0.2) is 206 Å². The second-order valence-electron chi connectivity index (χ2n) is 15.2. The van der Waals surface area contributed by atoms with Gasteiger partial charge in [0, 0.05) is 10.9 Å². The standard InChI is InChI=1S/C56H34O/c1-4-11-35(12-5-1)39-22-25-48-50-18-10-17-49-47(27-28-52(56(49)50)57-53(48)34-39)45-32-42(36-13-6-2-7-14-36)31-44(33-45)43-29-40-20-19-38-21-24-46(37-15-8-3-9-16-37)51-26-23-41(30-43)54(40)55(38)51/h1-34H. The lowest BCUT2D eigenvalue weighted by Gasteiger charge is -2.23. The summed E-state index contributed by atoms with van der Waals surface area (Å²) in [6, 6.07) is 75.3. The predicted octanol–water partition coefficient (Wildman–Crippen LogP) is 15.8. The SMILES string of the molecule is c1ccc(-c2cc(-c3cc4ccc5ccc(-c6ccccc6)c6ccc(c3)c4c56)cc(-c3ccc4c5c(cccc35)-c3ccc(-c5ccccc5)cc3O4)c2)cc1. The Hall–Kier alpha value is -7.48. The van der Waals surface area contributed by atoms with Crippen LogP contribution in [-0.2, 0) is 0 Å². The molecule has 1 aliphatic heterocycles. The van der Waals surface area contributed by atoms with Crippen molar-refractivity contribution in [3.05, 3.63) is 206 Å². The van der Waals surface area contributed by atoms with Gasteiger partial charge in [-0.25, -0.2) is 0 Å². The van der Waals surface area contributed by atoms with Crippen LogP contribution < -0.4 is 4.74 Å². The molecule has 0 spiro atoms. The van der Waals surface area contributed by atoms with Gasteiger partial charge >= 0.3 is 0 Å². The van der Waals surface area contributed by atoms with Crippen molar-refractivity contribution in [2.75, 3.05) is 0 Å². The van der Waals surface area contributed by atoms with Crippen LogP contribution in [-0.4, -0.2) is 0 Å². The summed E-state index contributed by atoms with van der Waals surface area (Å²) >= 11 is 0. The second kappa shape index (κ2) is 12.5. The van der Waals surface area contributed by atoms with E-state index in [1.807, 2.05) is 0 Å². The molecule has 1 heterocycles. The maximum Gasteiger partial charge on any atom is 0.135 e. The third kappa shape index (κ3) is 5.10. The van der Waals surface area contributed by atoms with Crippen molar-refractivity contribution in [1.82, 2.24) is 0 Å². The molecule has 11 aromatic rings. The number of rotatable bonds is 5. The molecule has 0 saturated heterocycles. The van der Waals surface area contributed by atoms with Crippen molar-refractivity contribution >= 4 is 43.1 Å². The third-order valence-electron chi connectivity index (χ3n) is 12.0. The molecule has 0 bridgehead atoms. The van der Waals surface area contributed by atoms with Crippen molar-refractivity contribution < 1.29 is 4.74 Å². The number of hydrogen-bond acceptors (Lipinski definition) is 1. The highest BCUT2D eigenvalue weighted by atomic mass is 16.5. The summed E-state index contributed by atoms with van der Waals surface area (Å²) in [6.45, 7) is 0. The molecule has 1 heteroatoms. The molecule has 0 aliphatic carbocycles. The summed E-state index contributed by atoms with van der Waals surface area (Å²) in [4.78, 5) is 0. The summed E-state index contributed by atoms with van der Waals surface area (Å²) in [7, 11) is 0. The van der Waals surface area contributed by atoms with Crippen LogP contribution in [0.3, 0.4) is 0 Å². The summed E-state index contributed by atoms with van der Waals surface area (Å²) in [6.07, 6.45) is 0. The molecule has 264 valence electrons. The van der Waals surface area contributed by atoms with E-state index < -0.39 is 0 Å². The van der Waals surface area contributed by atoms with E-state index in [1.54, 1.807) is 0 Å². The van der Waals surface area contributed by atoms with Crippen molar-refractivity contribution in [2.45, 2.75) is 0 Å². The Kier molecular flexibility index (Phi) is 7.00. The van der Waals surface area contributed by atoms with Crippen LogP contribution in [0.5, 0.6) is 11.5 Å². The van der Waals surface area contributed by atoms with Gasteiger partial charge in [0.15, 0.2) is 0 Å². The normalized spacial score (nSPS) is 12.0. The van der Waals surface area contributed by atoms with E-state index in [2.05, 4.69) is 206 Å². The Morgan fingerprint density at radius 1 is 0.228 bits per heavy atom. The molecule has 0 N–H and O–H groups in total. The molecular weight excluding hydrogens is 689 g/mol.